The fraction of sp³-hybridized carbons (Fsp3) is 0.553. The van der Waals surface area contributed by atoms with E-state index in [2.05, 4.69) is 66.9 Å². The van der Waals surface area contributed by atoms with Gasteiger partial charge in [0.05, 0.1) is 12.1 Å². The van der Waals surface area contributed by atoms with Crippen LogP contribution < -0.4 is 59.3 Å². The minimum atomic E-state index is -0.686. The van der Waals surface area contributed by atoms with Crippen molar-refractivity contribution in [2.24, 2.45) is 23.3 Å². The van der Waals surface area contributed by atoms with Crippen molar-refractivity contribution in [1.29, 1.82) is 0 Å². The van der Waals surface area contributed by atoms with Crippen molar-refractivity contribution in [1.82, 2.24) is 47.9 Å². The Kier molecular flexibility index (Phi) is 21.4. The van der Waals surface area contributed by atoms with Gasteiger partial charge in [0.15, 0.2) is 0 Å². The Hall–Kier alpha value is -5.25. The van der Waals surface area contributed by atoms with E-state index in [1.165, 1.54) is 5.56 Å². The summed E-state index contributed by atoms with van der Waals surface area (Å²) < 4.78 is 0. The van der Waals surface area contributed by atoms with Crippen LogP contribution in [0.2, 0.25) is 0 Å². The van der Waals surface area contributed by atoms with Crippen LogP contribution in [0.4, 0.5) is 24.0 Å². The summed E-state index contributed by atoms with van der Waals surface area (Å²) in [6, 6.07) is 15.8. The largest absolute Gasteiger partial charge is 0.352 e. The van der Waals surface area contributed by atoms with Crippen molar-refractivity contribution in [3.05, 3.63) is 71.8 Å². The van der Waals surface area contributed by atoms with Crippen molar-refractivity contribution in [3.8, 4) is 0 Å². The number of carbonyl (C=O) groups excluding carboxylic acids is 5. The first-order chi connectivity index (χ1) is 25.8. The molecule has 0 unspecified atom stereocenters. The molecule has 0 aliphatic rings. The molecule has 2 rings (SSSR count). The number of benzene rings is 2. The molecule has 0 radical (unpaired) electrons. The lowest BCUT2D eigenvalue weighted by Crippen LogP contribution is -2.55. The van der Waals surface area contributed by atoms with Crippen LogP contribution in [0.1, 0.15) is 58.1 Å². The molecule has 54 heavy (non-hydrogen) atoms. The maximum Gasteiger partial charge on any atom is 0.315 e. The molecule has 16 nitrogen and oxygen atoms in total. The van der Waals surface area contributed by atoms with E-state index < -0.39 is 36.2 Å². The van der Waals surface area contributed by atoms with Crippen LogP contribution >= 0.6 is 0 Å². The first-order valence-corrected chi connectivity index (χ1v) is 18.8. The molecule has 0 aromatic heterocycles. The number of amides is 10. The fourth-order valence-electron chi connectivity index (χ4n) is 5.55. The highest BCUT2D eigenvalue weighted by Crippen LogP contribution is 2.08. The van der Waals surface area contributed by atoms with Gasteiger partial charge in [-0.15, -0.1) is 0 Å². The average molecular weight is 754 g/mol. The lowest BCUT2D eigenvalue weighted by atomic mass is 10.0. The molecule has 300 valence electrons. The third-order valence-electron chi connectivity index (χ3n) is 8.62. The van der Waals surface area contributed by atoms with Crippen LogP contribution in [0.25, 0.3) is 0 Å². The van der Waals surface area contributed by atoms with Crippen LogP contribution in [-0.2, 0) is 12.8 Å². The first-order valence-electron chi connectivity index (χ1n) is 18.8. The van der Waals surface area contributed by atoms with Gasteiger partial charge in [-0.1, -0.05) is 87.9 Å². The van der Waals surface area contributed by atoms with Gasteiger partial charge in [0.1, 0.15) is 0 Å². The highest BCUT2D eigenvalue weighted by molar-refractivity contribution is 5.77. The highest BCUT2D eigenvalue weighted by Gasteiger charge is 2.21. The number of rotatable bonds is 23. The molecule has 0 spiro atoms. The maximum atomic E-state index is 13.1. The Balaban J connectivity index is 1.88. The topological polar surface area (TPSA) is 246 Å². The van der Waals surface area contributed by atoms with Crippen LogP contribution in [0.15, 0.2) is 60.7 Å². The minimum Gasteiger partial charge on any atom is -0.352 e. The van der Waals surface area contributed by atoms with Gasteiger partial charge >= 0.3 is 30.2 Å². The summed E-state index contributed by atoms with van der Waals surface area (Å²) in [5.74, 6) is 0.224. The van der Waals surface area contributed by atoms with Gasteiger partial charge in [-0.2, -0.15) is 0 Å². The molecule has 5 atom stereocenters. The molecular formula is C38H63N11O5. The van der Waals surface area contributed by atoms with E-state index >= 15 is 0 Å². The summed E-state index contributed by atoms with van der Waals surface area (Å²) in [5, 5.41) is 25.4. The molecule has 16 heteroatoms. The van der Waals surface area contributed by atoms with Crippen molar-refractivity contribution in [2.75, 3.05) is 39.3 Å². The van der Waals surface area contributed by atoms with E-state index in [9.17, 15) is 24.0 Å². The molecule has 10 amide bonds. The van der Waals surface area contributed by atoms with Gasteiger partial charge in [0.2, 0.25) is 0 Å². The molecule has 0 saturated heterocycles. The summed E-state index contributed by atoms with van der Waals surface area (Å²) in [6.45, 7) is 9.38. The van der Waals surface area contributed by atoms with E-state index in [4.69, 9.17) is 11.5 Å². The summed E-state index contributed by atoms with van der Waals surface area (Å²) in [6.07, 6.45) is 3.54. The predicted octanol–water partition coefficient (Wildman–Crippen LogP) is 2.25. The molecular weight excluding hydrogens is 690 g/mol. The summed E-state index contributed by atoms with van der Waals surface area (Å²) in [7, 11) is 0. The van der Waals surface area contributed by atoms with E-state index in [1.807, 2.05) is 62.4 Å². The monoisotopic (exact) mass is 754 g/mol. The molecule has 13 N–H and O–H groups in total. The highest BCUT2D eigenvalue weighted by atomic mass is 16.2. The van der Waals surface area contributed by atoms with Crippen molar-refractivity contribution in [3.63, 3.8) is 0 Å². The number of nitrogens with two attached hydrogens (primary N) is 2. The van der Waals surface area contributed by atoms with Gasteiger partial charge in [-0.25, -0.2) is 24.0 Å². The lowest BCUT2D eigenvalue weighted by molar-refractivity contribution is 0.222. The fourth-order valence-corrected chi connectivity index (χ4v) is 5.55. The number of carbonyl (C=O) groups is 5. The Bertz CT molecular complexity index is 1400. The summed E-state index contributed by atoms with van der Waals surface area (Å²) in [4.78, 5) is 62.3. The van der Waals surface area contributed by atoms with Gasteiger partial charge in [-0.05, 0) is 62.1 Å². The first kappa shape index (κ1) is 44.9. The molecule has 2 aromatic rings. The van der Waals surface area contributed by atoms with Crippen LogP contribution in [-0.4, -0.2) is 93.6 Å². The zero-order valence-corrected chi connectivity index (χ0v) is 32.2. The van der Waals surface area contributed by atoms with Crippen LogP contribution in [0.3, 0.4) is 0 Å². The molecule has 0 aliphatic carbocycles. The van der Waals surface area contributed by atoms with E-state index in [1.54, 1.807) is 6.92 Å². The molecule has 0 heterocycles. The average Bonchev–Trinajstić information content (AvgIpc) is 3.13. The Morgan fingerprint density at radius 3 is 1.63 bits per heavy atom. The molecule has 0 saturated carbocycles. The second-order valence-corrected chi connectivity index (χ2v) is 14.1. The van der Waals surface area contributed by atoms with Gasteiger partial charge < -0.3 is 59.3 Å². The van der Waals surface area contributed by atoms with Crippen molar-refractivity contribution < 1.29 is 24.0 Å². The number of hydrogen-bond acceptors (Lipinski definition) is 6. The zero-order chi connectivity index (χ0) is 39.7. The quantitative estimate of drug-likeness (QED) is 0.0760. The number of hydrogen-bond donors (Lipinski definition) is 11. The molecule has 2 aromatic carbocycles. The smallest absolute Gasteiger partial charge is 0.315 e. The van der Waals surface area contributed by atoms with Gasteiger partial charge in [0.25, 0.3) is 0 Å². The summed E-state index contributed by atoms with van der Waals surface area (Å²) >= 11 is 0. The zero-order valence-electron chi connectivity index (χ0n) is 32.2. The summed E-state index contributed by atoms with van der Waals surface area (Å²) in [5.41, 5.74) is 13.0. The number of primary amides is 1. The molecule has 0 aliphatic heterocycles. The SMILES string of the molecule is CC(C)[C@@H](CNC(=O)N[C@H](CNC(=O)N[C@@H](C)CNC(N)=O)Cc1ccccc1)NC(=O)NC[C@H](CCCCN)NC(=O)NC[C@@H](C)Cc1ccccc1. The minimum absolute atomic E-state index is 0.0188. The van der Waals surface area contributed by atoms with Crippen molar-refractivity contribution in [2.45, 2.75) is 84.0 Å². The second-order valence-electron chi connectivity index (χ2n) is 14.1. The van der Waals surface area contributed by atoms with E-state index in [0.29, 0.717) is 25.9 Å². The Morgan fingerprint density at radius 1 is 0.556 bits per heavy atom. The Morgan fingerprint density at radius 2 is 1.06 bits per heavy atom. The standard InChI is InChI=1S/C38H63N11O5/c1-26(2)33(25-45-37(53)48-32(20-30-15-9-6-10-16-30)24-44-35(51)46-28(4)22-41-34(40)50)49-38(54)43-23-31(17-11-12-18-39)47-36(52)42-21-27(3)19-29-13-7-5-8-14-29/h5-10,13-16,26-28,31-33H,11-12,17-25,39H2,1-4H3,(H3,40,41,50)(H2,42,47,52)(H2,43,49,54)(H2,44,46,51)(H2,45,48,53)/t27-,28-,31-,32-,33+/m0/s1. The van der Waals surface area contributed by atoms with E-state index in [-0.39, 0.29) is 56.1 Å². The predicted molar refractivity (Wildman–Crippen MR) is 212 cm³/mol. The maximum absolute atomic E-state index is 13.1. The van der Waals surface area contributed by atoms with E-state index in [0.717, 1.165) is 24.8 Å². The number of urea groups is 5. The third-order valence-corrected chi connectivity index (χ3v) is 8.62. The van der Waals surface area contributed by atoms with Crippen LogP contribution in [0, 0.1) is 11.8 Å². The second kappa shape index (κ2) is 25.7. The lowest BCUT2D eigenvalue weighted by Gasteiger charge is -2.26. The Labute approximate surface area is 319 Å². The molecule has 0 bridgehead atoms. The molecule has 0 fully saturated rings. The normalized spacial score (nSPS) is 13.6. The van der Waals surface area contributed by atoms with Gasteiger partial charge in [0, 0.05) is 44.8 Å². The van der Waals surface area contributed by atoms with Gasteiger partial charge in [-0.3, -0.25) is 0 Å². The van der Waals surface area contributed by atoms with Crippen molar-refractivity contribution >= 4 is 30.2 Å². The number of nitrogens with one attached hydrogen (secondary N) is 9. The number of unbranched alkanes of at least 4 members (excludes halogenated alkanes) is 1. The third kappa shape index (κ3) is 20.7. The van der Waals surface area contributed by atoms with Crippen LogP contribution in [0.5, 0.6) is 0 Å².